The van der Waals surface area contributed by atoms with E-state index in [1.165, 1.54) is 6.07 Å². The van der Waals surface area contributed by atoms with Gasteiger partial charge in [0.1, 0.15) is 11.6 Å². The lowest BCUT2D eigenvalue weighted by Crippen LogP contribution is -2.55. The molecular formula is C24H22F3N5O2S. The lowest BCUT2D eigenvalue weighted by atomic mass is 9.75. The third kappa shape index (κ3) is 4.00. The van der Waals surface area contributed by atoms with Crippen LogP contribution in [-0.4, -0.2) is 40.7 Å². The van der Waals surface area contributed by atoms with Gasteiger partial charge in [-0.05, 0) is 81.7 Å². The topological polar surface area (TPSA) is 81.5 Å². The van der Waals surface area contributed by atoms with Crippen LogP contribution >= 0.6 is 12.2 Å². The molecule has 1 aromatic carbocycles. The van der Waals surface area contributed by atoms with Crippen molar-refractivity contribution < 1.29 is 22.7 Å². The van der Waals surface area contributed by atoms with E-state index in [0.29, 0.717) is 24.4 Å². The molecule has 5 rings (SSSR count). The van der Waals surface area contributed by atoms with Crippen LogP contribution in [0.25, 0.3) is 0 Å². The lowest BCUT2D eigenvalue weighted by Gasteiger charge is -2.42. The van der Waals surface area contributed by atoms with E-state index >= 15 is 0 Å². The van der Waals surface area contributed by atoms with Crippen molar-refractivity contribution in [3.63, 3.8) is 0 Å². The van der Waals surface area contributed by atoms with Gasteiger partial charge in [0.25, 0.3) is 5.91 Å². The van der Waals surface area contributed by atoms with E-state index in [-0.39, 0.29) is 22.8 Å². The average molecular weight is 502 g/mol. The van der Waals surface area contributed by atoms with Gasteiger partial charge in [-0.2, -0.15) is 18.4 Å². The third-order valence-electron chi connectivity index (χ3n) is 6.83. The van der Waals surface area contributed by atoms with Crippen molar-refractivity contribution in [2.45, 2.75) is 49.9 Å². The Morgan fingerprint density at radius 3 is 2.46 bits per heavy atom. The maximum atomic E-state index is 13.6. The van der Waals surface area contributed by atoms with Gasteiger partial charge in [0.15, 0.2) is 5.11 Å². The number of anilines is 2. The molecule has 7 nitrogen and oxygen atoms in total. The Hall–Kier alpha value is -3.23. The second kappa shape index (κ2) is 8.77. The van der Waals surface area contributed by atoms with Crippen LogP contribution in [0.1, 0.15) is 43.2 Å². The first-order chi connectivity index (χ1) is 16.7. The molecule has 1 N–H and O–H groups in total. The zero-order valence-electron chi connectivity index (χ0n) is 18.6. The van der Waals surface area contributed by atoms with Gasteiger partial charge >= 0.3 is 6.18 Å². The number of hydrogen-bond acceptors (Lipinski definition) is 6. The van der Waals surface area contributed by atoms with E-state index in [4.69, 9.17) is 22.2 Å². The molecule has 182 valence electrons. The molecule has 3 aliphatic rings. The van der Waals surface area contributed by atoms with Gasteiger partial charge in [0.05, 0.1) is 34.8 Å². The van der Waals surface area contributed by atoms with Crippen LogP contribution < -0.4 is 19.9 Å². The summed E-state index contributed by atoms with van der Waals surface area (Å²) in [6.45, 7) is 1.77. The molecule has 2 saturated heterocycles. The van der Waals surface area contributed by atoms with E-state index in [9.17, 15) is 18.0 Å². The highest BCUT2D eigenvalue weighted by Crippen LogP contribution is 2.48. The number of halogens is 3. The predicted molar refractivity (Wildman–Crippen MR) is 126 cm³/mol. The molecule has 11 heteroatoms. The van der Waals surface area contributed by atoms with Crippen molar-refractivity contribution in [1.29, 1.82) is 5.26 Å². The minimum atomic E-state index is -4.74. The molecule has 0 radical (unpaired) electrons. The highest BCUT2D eigenvalue weighted by Gasteiger charge is 2.59. The van der Waals surface area contributed by atoms with Crippen LogP contribution in [-0.2, 0) is 11.0 Å². The minimum absolute atomic E-state index is 0.0149. The monoisotopic (exact) mass is 501 g/mol. The Balaban J connectivity index is 1.46. The zero-order valence-corrected chi connectivity index (χ0v) is 19.5. The van der Waals surface area contributed by atoms with Crippen LogP contribution in [0.5, 0.6) is 5.88 Å². The number of carbonyl (C=O) groups is 1. The van der Waals surface area contributed by atoms with Gasteiger partial charge in [0.2, 0.25) is 5.88 Å². The maximum Gasteiger partial charge on any atom is 0.417 e. The van der Waals surface area contributed by atoms with Crippen LogP contribution in [0.15, 0.2) is 36.5 Å². The first kappa shape index (κ1) is 23.5. The molecule has 2 aliphatic heterocycles. The van der Waals surface area contributed by atoms with Gasteiger partial charge in [-0.15, -0.1) is 0 Å². The highest BCUT2D eigenvalue weighted by molar-refractivity contribution is 7.81. The number of hydrogen-bond donors (Lipinski definition) is 1. The Morgan fingerprint density at radius 2 is 1.89 bits per heavy atom. The largest absolute Gasteiger partial charge is 0.474 e. The molecule has 0 atom stereocenters. The van der Waals surface area contributed by atoms with E-state index in [1.54, 1.807) is 29.3 Å². The van der Waals surface area contributed by atoms with Gasteiger partial charge in [-0.3, -0.25) is 9.69 Å². The van der Waals surface area contributed by atoms with Crippen molar-refractivity contribution in [3.05, 3.63) is 47.7 Å². The van der Waals surface area contributed by atoms with Gasteiger partial charge < -0.3 is 15.0 Å². The number of alkyl halides is 3. The summed E-state index contributed by atoms with van der Waals surface area (Å²) >= 11 is 5.63. The summed E-state index contributed by atoms with van der Waals surface area (Å²) in [6, 6.07) is 8.26. The van der Waals surface area contributed by atoms with E-state index in [0.717, 1.165) is 49.4 Å². The number of rotatable bonds is 4. The molecule has 1 spiro atoms. The summed E-state index contributed by atoms with van der Waals surface area (Å²) in [6.07, 6.45) is 0.540. The average Bonchev–Trinajstić information content (AvgIpc) is 3.06. The van der Waals surface area contributed by atoms with Gasteiger partial charge in [-0.1, -0.05) is 0 Å². The van der Waals surface area contributed by atoms with Gasteiger partial charge in [0, 0.05) is 6.07 Å². The summed E-state index contributed by atoms with van der Waals surface area (Å²) in [5.41, 5.74) is -2.01. The molecule has 1 saturated carbocycles. The lowest BCUT2D eigenvalue weighted by molar-refractivity contribution is -0.137. The van der Waals surface area contributed by atoms with Crippen molar-refractivity contribution >= 4 is 34.6 Å². The second-order valence-corrected chi connectivity index (χ2v) is 9.27. The molecule has 2 aromatic rings. The Labute approximate surface area is 205 Å². The van der Waals surface area contributed by atoms with Crippen LogP contribution in [0, 0.1) is 11.3 Å². The first-order valence-corrected chi connectivity index (χ1v) is 11.8. The molecule has 35 heavy (non-hydrogen) atoms. The fourth-order valence-corrected chi connectivity index (χ4v) is 5.34. The number of nitrogens with one attached hydrogen (secondary N) is 1. The number of benzene rings is 1. The van der Waals surface area contributed by atoms with E-state index in [2.05, 4.69) is 10.3 Å². The number of thiocarbonyl (C=S) groups is 1. The Morgan fingerprint density at radius 1 is 1.17 bits per heavy atom. The summed E-state index contributed by atoms with van der Waals surface area (Å²) in [4.78, 5) is 20.8. The smallest absolute Gasteiger partial charge is 0.417 e. The van der Waals surface area contributed by atoms with E-state index in [1.807, 2.05) is 0 Å². The van der Waals surface area contributed by atoms with Gasteiger partial charge in [-0.25, -0.2) is 4.98 Å². The zero-order chi connectivity index (χ0) is 24.8. The Kier molecular flexibility index (Phi) is 5.89. The Bertz CT molecular complexity index is 1200. The standard InChI is InChI=1S/C24H22F3N5O2S/c25-24(26,27)19-12-16(3-2-15(19)13-28)31-21(33)23(8-1-9-23)32(22(31)35)17-4-5-20(30-14-17)34-18-6-10-29-11-7-18/h2-5,12,14,18,29H,1,6-11H2. The molecule has 0 unspecified atom stereocenters. The number of amides is 1. The molecule has 1 amide bonds. The number of nitriles is 1. The number of aromatic nitrogens is 1. The van der Waals surface area contributed by atoms with Crippen LogP contribution in [0.3, 0.4) is 0 Å². The SMILES string of the molecule is N#Cc1ccc(N2C(=O)C3(CCC3)N(c3ccc(OC4CCNCC4)nc3)C2=S)cc1C(F)(F)F. The van der Waals surface area contributed by atoms with Crippen molar-refractivity contribution in [2.75, 3.05) is 22.9 Å². The molecule has 1 aromatic heterocycles. The number of piperidine rings is 1. The molecular weight excluding hydrogens is 479 g/mol. The maximum absolute atomic E-state index is 13.6. The summed E-state index contributed by atoms with van der Waals surface area (Å²) in [5, 5.41) is 12.5. The van der Waals surface area contributed by atoms with Crippen LogP contribution in [0.2, 0.25) is 0 Å². The normalized spacial score (nSPS) is 20.2. The van der Waals surface area contributed by atoms with Crippen LogP contribution in [0.4, 0.5) is 24.5 Å². The summed E-state index contributed by atoms with van der Waals surface area (Å²) < 4.78 is 46.6. The third-order valence-corrected chi connectivity index (χ3v) is 7.20. The fraction of sp³-hybridized carbons (Fsp3) is 0.417. The number of ether oxygens (including phenoxy) is 1. The van der Waals surface area contributed by atoms with E-state index < -0.39 is 22.8 Å². The second-order valence-electron chi connectivity index (χ2n) is 8.90. The molecule has 3 heterocycles. The quantitative estimate of drug-likeness (QED) is 0.630. The molecule has 3 fully saturated rings. The van der Waals surface area contributed by atoms with Crippen molar-refractivity contribution in [2.24, 2.45) is 0 Å². The van der Waals surface area contributed by atoms with Crippen molar-refractivity contribution in [3.8, 4) is 11.9 Å². The molecule has 1 aliphatic carbocycles. The van der Waals surface area contributed by atoms with Crippen molar-refractivity contribution in [1.82, 2.24) is 10.3 Å². The fourth-order valence-electron chi connectivity index (χ4n) is 4.87. The summed E-state index contributed by atoms with van der Waals surface area (Å²) in [5.74, 6) is 0.0973. The predicted octanol–water partition coefficient (Wildman–Crippen LogP) is 4.16. The highest BCUT2D eigenvalue weighted by atomic mass is 32.1. The number of nitrogens with zero attached hydrogens (tertiary/aromatic N) is 4. The first-order valence-electron chi connectivity index (χ1n) is 11.4. The number of carbonyl (C=O) groups excluding carboxylic acids is 1. The summed E-state index contributed by atoms with van der Waals surface area (Å²) in [7, 11) is 0. The minimum Gasteiger partial charge on any atom is -0.474 e. The molecule has 0 bridgehead atoms. The number of pyridine rings is 1.